The molecule has 2 heterocycles. The minimum Gasteiger partial charge on any atom is -0.383 e. The first kappa shape index (κ1) is 10.7. The molecule has 0 aliphatic carbocycles. The highest BCUT2D eigenvalue weighted by Gasteiger charge is 2.18. The second-order valence-electron chi connectivity index (χ2n) is 4.38. The first-order valence-electron chi connectivity index (χ1n) is 5.86. The predicted octanol–water partition coefficient (Wildman–Crippen LogP) is 3.12. The fourth-order valence-electron chi connectivity index (χ4n) is 2.36. The summed E-state index contributed by atoms with van der Waals surface area (Å²) in [6.45, 7) is 0.981. The molecule has 1 aliphatic heterocycles. The first-order valence-corrected chi connectivity index (χ1v) is 6.24. The molecule has 2 aromatic rings. The van der Waals surface area contributed by atoms with E-state index >= 15 is 0 Å². The van der Waals surface area contributed by atoms with E-state index in [1.165, 1.54) is 12.8 Å². The van der Waals surface area contributed by atoms with Crippen molar-refractivity contribution in [3.63, 3.8) is 0 Å². The SMILES string of the molecule is Nc1c(-c2cccc(Cl)c2)nc2n1CCCC2. The molecule has 0 saturated carbocycles. The number of benzene rings is 1. The number of nitrogens with two attached hydrogens (primary N) is 1. The average Bonchev–Trinajstić information content (AvgIpc) is 2.68. The van der Waals surface area contributed by atoms with E-state index in [1.54, 1.807) is 0 Å². The molecule has 1 aromatic carbocycles. The van der Waals surface area contributed by atoms with Gasteiger partial charge in [-0.3, -0.25) is 0 Å². The minimum absolute atomic E-state index is 0.716. The number of nitrogen functional groups attached to an aromatic ring is 1. The summed E-state index contributed by atoms with van der Waals surface area (Å²) in [5, 5.41) is 0.716. The van der Waals surface area contributed by atoms with Crippen LogP contribution in [0.1, 0.15) is 18.7 Å². The van der Waals surface area contributed by atoms with Crippen molar-refractivity contribution >= 4 is 17.4 Å². The summed E-state index contributed by atoms with van der Waals surface area (Å²) < 4.78 is 2.12. The number of nitrogens with zero attached hydrogens (tertiary/aromatic N) is 2. The molecular weight excluding hydrogens is 234 g/mol. The van der Waals surface area contributed by atoms with Crippen LogP contribution in [0, 0.1) is 0 Å². The number of imidazole rings is 1. The van der Waals surface area contributed by atoms with E-state index in [4.69, 9.17) is 17.3 Å². The predicted molar refractivity (Wildman–Crippen MR) is 70.0 cm³/mol. The van der Waals surface area contributed by atoms with Gasteiger partial charge in [0, 0.05) is 23.6 Å². The van der Waals surface area contributed by atoms with Crippen molar-refractivity contribution < 1.29 is 0 Å². The monoisotopic (exact) mass is 247 g/mol. The number of anilines is 1. The van der Waals surface area contributed by atoms with E-state index in [-0.39, 0.29) is 0 Å². The third kappa shape index (κ3) is 1.80. The fraction of sp³-hybridized carbons (Fsp3) is 0.308. The van der Waals surface area contributed by atoms with Gasteiger partial charge in [0.2, 0.25) is 0 Å². The van der Waals surface area contributed by atoms with Gasteiger partial charge in [-0.1, -0.05) is 23.7 Å². The lowest BCUT2D eigenvalue weighted by Gasteiger charge is -2.14. The van der Waals surface area contributed by atoms with Crippen molar-refractivity contribution in [2.24, 2.45) is 0 Å². The molecule has 0 unspecified atom stereocenters. The number of aromatic nitrogens is 2. The summed E-state index contributed by atoms with van der Waals surface area (Å²) in [6, 6.07) is 7.69. The molecular formula is C13H14ClN3. The van der Waals surface area contributed by atoms with E-state index < -0.39 is 0 Å². The molecule has 3 nitrogen and oxygen atoms in total. The van der Waals surface area contributed by atoms with Gasteiger partial charge >= 0.3 is 0 Å². The number of aryl methyl sites for hydroxylation is 1. The lowest BCUT2D eigenvalue weighted by Crippen LogP contribution is -2.12. The Hall–Kier alpha value is -1.48. The third-order valence-electron chi connectivity index (χ3n) is 3.22. The van der Waals surface area contributed by atoms with Crippen LogP contribution in [-0.2, 0) is 13.0 Å². The van der Waals surface area contributed by atoms with E-state index in [0.29, 0.717) is 5.02 Å². The molecule has 0 saturated heterocycles. The van der Waals surface area contributed by atoms with Crippen molar-refractivity contribution in [1.82, 2.24) is 9.55 Å². The molecule has 0 radical (unpaired) electrons. The molecule has 0 atom stereocenters. The molecule has 4 heteroatoms. The standard InChI is InChI=1S/C13H14ClN3/c14-10-5-3-4-9(8-10)12-13(15)17-7-2-1-6-11(17)16-12/h3-5,8H,1-2,6-7,15H2. The summed E-state index contributed by atoms with van der Waals surface area (Å²) in [5.41, 5.74) is 8.03. The Kier molecular flexibility index (Phi) is 2.56. The van der Waals surface area contributed by atoms with Crippen molar-refractivity contribution in [1.29, 1.82) is 0 Å². The zero-order chi connectivity index (χ0) is 11.8. The molecule has 1 aromatic heterocycles. The second-order valence-corrected chi connectivity index (χ2v) is 4.82. The normalized spacial score (nSPS) is 14.6. The lowest BCUT2D eigenvalue weighted by atomic mass is 10.1. The van der Waals surface area contributed by atoms with Crippen LogP contribution in [0.25, 0.3) is 11.3 Å². The van der Waals surface area contributed by atoms with Gasteiger partial charge in [0.25, 0.3) is 0 Å². The van der Waals surface area contributed by atoms with Gasteiger partial charge in [-0.25, -0.2) is 4.98 Å². The highest BCUT2D eigenvalue weighted by atomic mass is 35.5. The molecule has 3 rings (SSSR count). The summed E-state index contributed by atoms with van der Waals surface area (Å²) in [7, 11) is 0. The first-order chi connectivity index (χ1) is 8.25. The maximum atomic E-state index is 6.16. The highest BCUT2D eigenvalue weighted by Crippen LogP contribution is 2.30. The Morgan fingerprint density at radius 2 is 2.18 bits per heavy atom. The zero-order valence-electron chi connectivity index (χ0n) is 9.49. The highest BCUT2D eigenvalue weighted by molar-refractivity contribution is 6.30. The summed E-state index contributed by atoms with van der Waals surface area (Å²) >= 11 is 6.00. The third-order valence-corrected chi connectivity index (χ3v) is 3.45. The van der Waals surface area contributed by atoms with Crippen molar-refractivity contribution in [3.8, 4) is 11.3 Å². The molecule has 1 aliphatic rings. The second kappa shape index (κ2) is 4.08. The van der Waals surface area contributed by atoms with Crippen molar-refractivity contribution in [3.05, 3.63) is 35.1 Å². The summed E-state index contributed by atoms with van der Waals surface area (Å²) in [4.78, 5) is 4.64. The largest absolute Gasteiger partial charge is 0.383 e. The molecule has 0 spiro atoms. The van der Waals surface area contributed by atoms with E-state index in [2.05, 4.69) is 9.55 Å². The average molecular weight is 248 g/mol. The maximum absolute atomic E-state index is 6.16. The lowest BCUT2D eigenvalue weighted by molar-refractivity contribution is 0.527. The van der Waals surface area contributed by atoms with Crippen LogP contribution in [0.3, 0.4) is 0 Å². The van der Waals surface area contributed by atoms with Gasteiger partial charge in [0.15, 0.2) is 0 Å². The number of fused-ring (bicyclic) bond motifs is 1. The van der Waals surface area contributed by atoms with Gasteiger partial charge < -0.3 is 10.3 Å². The molecule has 0 amide bonds. The van der Waals surface area contributed by atoms with E-state index in [1.807, 2.05) is 24.3 Å². The minimum atomic E-state index is 0.716. The van der Waals surface area contributed by atoms with Crippen LogP contribution >= 0.6 is 11.6 Å². The molecule has 17 heavy (non-hydrogen) atoms. The van der Waals surface area contributed by atoms with Crippen LogP contribution < -0.4 is 5.73 Å². The Balaban J connectivity index is 2.12. The topological polar surface area (TPSA) is 43.8 Å². The number of hydrogen-bond donors (Lipinski definition) is 1. The van der Waals surface area contributed by atoms with Crippen molar-refractivity contribution in [2.45, 2.75) is 25.8 Å². The molecule has 0 fully saturated rings. The van der Waals surface area contributed by atoms with Crippen LogP contribution in [0.15, 0.2) is 24.3 Å². The summed E-state index contributed by atoms with van der Waals surface area (Å²) in [6.07, 6.45) is 3.40. The Morgan fingerprint density at radius 3 is 2.94 bits per heavy atom. The maximum Gasteiger partial charge on any atom is 0.131 e. The van der Waals surface area contributed by atoms with Crippen LogP contribution in [-0.4, -0.2) is 9.55 Å². The fourth-order valence-corrected chi connectivity index (χ4v) is 2.55. The van der Waals surface area contributed by atoms with Crippen LogP contribution in [0.5, 0.6) is 0 Å². The number of rotatable bonds is 1. The Morgan fingerprint density at radius 1 is 1.29 bits per heavy atom. The van der Waals surface area contributed by atoms with Gasteiger partial charge in [0.1, 0.15) is 17.3 Å². The number of hydrogen-bond acceptors (Lipinski definition) is 2. The Bertz CT molecular complexity index is 560. The van der Waals surface area contributed by atoms with E-state index in [9.17, 15) is 0 Å². The number of halogens is 1. The van der Waals surface area contributed by atoms with E-state index in [0.717, 1.165) is 35.9 Å². The molecule has 0 bridgehead atoms. The quantitative estimate of drug-likeness (QED) is 0.842. The van der Waals surface area contributed by atoms with Crippen LogP contribution in [0.4, 0.5) is 5.82 Å². The molecule has 88 valence electrons. The van der Waals surface area contributed by atoms with Gasteiger partial charge in [-0.15, -0.1) is 0 Å². The molecule has 2 N–H and O–H groups in total. The Labute approximate surface area is 105 Å². The zero-order valence-corrected chi connectivity index (χ0v) is 10.2. The van der Waals surface area contributed by atoms with Gasteiger partial charge in [0.05, 0.1) is 0 Å². The van der Waals surface area contributed by atoms with Gasteiger partial charge in [-0.05, 0) is 25.0 Å². The summed E-state index contributed by atoms with van der Waals surface area (Å²) in [5.74, 6) is 1.87. The van der Waals surface area contributed by atoms with Gasteiger partial charge in [-0.2, -0.15) is 0 Å². The van der Waals surface area contributed by atoms with Crippen LogP contribution in [0.2, 0.25) is 5.02 Å². The van der Waals surface area contributed by atoms with Crippen molar-refractivity contribution in [2.75, 3.05) is 5.73 Å². The smallest absolute Gasteiger partial charge is 0.131 e.